The maximum Gasteiger partial charge on any atom is 0.335 e. The minimum absolute atomic E-state index is 0.253. The highest BCUT2D eigenvalue weighted by Crippen LogP contribution is 2.27. The van der Waals surface area contributed by atoms with Crippen LogP contribution in [0.4, 0.5) is 0 Å². The largest absolute Gasteiger partial charge is 0.497 e. The number of hydrogen-bond acceptors (Lipinski definition) is 2. The van der Waals surface area contributed by atoms with Gasteiger partial charge in [-0.1, -0.05) is 48.2 Å². The van der Waals surface area contributed by atoms with Crippen LogP contribution in [0.1, 0.15) is 21.5 Å². The van der Waals surface area contributed by atoms with Crippen molar-refractivity contribution in [3.63, 3.8) is 0 Å². The normalized spacial score (nSPS) is 10.3. The lowest BCUT2D eigenvalue weighted by Crippen LogP contribution is -1.94. The van der Waals surface area contributed by atoms with Crippen molar-refractivity contribution in [3.8, 4) is 28.7 Å². The Kier molecular flexibility index (Phi) is 5.71. The maximum absolute atomic E-state index is 10.9. The van der Waals surface area contributed by atoms with E-state index in [0.717, 1.165) is 28.0 Å². The van der Waals surface area contributed by atoms with Gasteiger partial charge in [-0.2, -0.15) is 0 Å². The summed E-state index contributed by atoms with van der Waals surface area (Å²) in [5.41, 5.74) is 4.25. The third kappa shape index (κ3) is 4.65. The van der Waals surface area contributed by atoms with Crippen LogP contribution in [0.3, 0.4) is 0 Å². The summed E-state index contributed by atoms with van der Waals surface area (Å²) in [6.07, 6.45) is 3.76. The Balaban J connectivity index is 1.81. The van der Waals surface area contributed by atoms with Gasteiger partial charge in [-0.15, -0.1) is 0 Å². The molecule has 1 N–H and O–H groups in total. The number of carboxylic acid groups (broad SMARTS) is 1. The summed E-state index contributed by atoms with van der Waals surface area (Å²) in [6.45, 7) is 0. The lowest BCUT2D eigenvalue weighted by atomic mass is 9.99. The van der Waals surface area contributed by atoms with Gasteiger partial charge in [0.15, 0.2) is 0 Å². The van der Waals surface area contributed by atoms with Crippen molar-refractivity contribution in [3.05, 3.63) is 95.6 Å². The van der Waals surface area contributed by atoms with Crippen molar-refractivity contribution in [2.75, 3.05) is 7.11 Å². The standard InChI is InChI=1S/C24H18O3/c1-27-22-11-6-10-21(17-22)23-12-5-4-9-19(23)8-3-2-7-18-13-15-20(16-14-18)24(25)26/h3-6,8-17H,1H3,(H,25,26)/b8-3+. The van der Waals surface area contributed by atoms with Crippen LogP contribution in [-0.4, -0.2) is 18.2 Å². The molecule has 0 aliphatic rings. The molecule has 3 aromatic rings. The van der Waals surface area contributed by atoms with Gasteiger partial charge in [0.2, 0.25) is 0 Å². The molecule has 0 bridgehead atoms. The molecule has 3 heteroatoms. The lowest BCUT2D eigenvalue weighted by Gasteiger charge is -2.07. The van der Waals surface area contributed by atoms with Crippen molar-refractivity contribution in [1.82, 2.24) is 0 Å². The molecule has 3 nitrogen and oxygen atoms in total. The maximum atomic E-state index is 10.9. The summed E-state index contributed by atoms with van der Waals surface area (Å²) in [7, 11) is 1.66. The Morgan fingerprint density at radius 2 is 1.78 bits per heavy atom. The second kappa shape index (κ2) is 8.55. The molecule has 0 aliphatic heterocycles. The predicted octanol–water partition coefficient (Wildman–Crippen LogP) is 5.13. The SMILES string of the molecule is COc1cccc(-c2ccccc2/C=C/C#Cc2ccc(C(=O)O)cc2)c1. The van der Waals surface area contributed by atoms with Crippen LogP contribution < -0.4 is 4.74 Å². The van der Waals surface area contributed by atoms with Crippen LogP contribution >= 0.6 is 0 Å². The number of carbonyl (C=O) groups is 1. The van der Waals surface area contributed by atoms with Gasteiger partial charge in [0.25, 0.3) is 0 Å². The molecule has 0 radical (unpaired) electrons. The van der Waals surface area contributed by atoms with Gasteiger partial charge in [0.05, 0.1) is 12.7 Å². The van der Waals surface area contributed by atoms with Crippen LogP contribution in [0.15, 0.2) is 78.9 Å². The van der Waals surface area contributed by atoms with Gasteiger partial charge in [0, 0.05) is 5.56 Å². The van der Waals surface area contributed by atoms with E-state index in [0.29, 0.717) is 0 Å². The Labute approximate surface area is 158 Å². The fourth-order valence-electron chi connectivity index (χ4n) is 2.65. The molecule has 3 aromatic carbocycles. The van der Waals surface area contributed by atoms with Gasteiger partial charge in [-0.05, 0) is 65.2 Å². The van der Waals surface area contributed by atoms with Gasteiger partial charge < -0.3 is 9.84 Å². The van der Waals surface area contributed by atoms with Crippen molar-refractivity contribution in [1.29, 1.82) is 0 Å². The minimum Gasteiger partial charge on any atom is -0.497 e. The zero-order chi connectivity index (χ0) is 19.1. The van der Waals surface area contributed by atoms with Crippen LogP contribution in [0, 0.1) is 11.8 Å². The number of hydrogen-bond donors (Lipinski definition) is 1. The summed E-state index contributed by atoms with van der Waals surface area (Å²) >= 11 is 0. The van der Waals surface area contributed by atoms with Crippen molar-refractivity contribution in [2.45, 2.75) is 0 Å². The lowest BCUT2D eigenvalue weighted by molar-refractivity contribution is 0.0697. The van der Waals surface area contributed by atoms with E-state index in [-0.39, 0.29) is 5.56 Å². The highest BCUT2D eigenvalue weighted by molar-refractivity contribution is 5.87. The summed E-state index contributed by atoms with van der Waals surface area (Å²) in [4.78, 5) is 10.9. The van der Waals surface area contributed by atoms with E-state index in [9.17, 15) is 4.79 Å². The number of carboxylic acids is 1. The summed E-state index contributed by atoms with van der Waals surface area (Å²) in [6, 6.07) is 22.5. The second-order valence-electron chi connectivity index (χ2n) is 5.80. The molecule has 0 atom stereocenters. The van der Waals surface area contributed by atoms with E-state index >= 15 is 0 Å². The molecule has 0 unspecified atom stereocenters. The molecule has 0 amide bonds. The molecular formula is C24H18O3. The summed E-state index contributed by atoms with van der Waals surface area (Å²) in [5, 5.41) is 8.91. The first-order valence-electron chi connectivity index (χ1n) is 8.42. The first-order chi connectivity index (χ1) is 13.2. The van der Waals surface area contributed by atoms with Crippen molar-refractivity contribution < 1.29 is 14.6 Å². The molecule has 27 heavy (non-hydrogen) atoms. The molecule has 0 saturated heterocycles. The Hall–Kier alpha value is -3.77. The summed E-state index contributed by atoms with van der Waals surface area (Å²) in [5.74, 6) is 5.88. The predicted molar refractivity (Wildman–Crippen MR) is 108 cm³/mol. The summed E-state index contributed by atoms with van der Waals surface area (Å²) < 4.78 is 5.31. The number of rotatable bonds is 4. The van der Waals surface area contributed by atoms with Crippen LogP contribution in [-0.2, 0) is 0 Å². The molecule has 0 heterocycles. The zero-order valence-electron chi connectivity index (χ0n) is 14.8. The fraction of sp³-hybridized carbons (Fsp3) is 0.0417. The van der Waals surface area contributed by atoms with Crippen LogP contribution in [0.2, 0.25) is 0 Å². The Bertz CT molecular complexity index is 1030. The number of benzene rings is 3. The second-order valence-corrected chi connectivity index (χ2v) is 5.80. The van der Waals surface area contributed by atoms with E-state index in [1.54, 1.807) is 37.5 Å². The third-order valence-electron chi connectivity index (χ3n) is 4.04. The van der Waals surface area contributed by atoms with Gasteiger partial charge >= 0.3 is 5.97 Å². The molecule has 132 valence electrons. The average Bonchev–Trinajstić information content (AvgIpc) is 2.72. The van der Waals surface area contributed by atoms with E-state index < -0.39 is 5.97 Å². The molecule has 0 aromatic heterocycles. The van der Waals surface area contributed by atoms with Crippen molar-refractivity contribution >= 4 is 12.0 Å². The third-order valence-corrected chi connectivity index (χ3v) is 4.04. The first-order valence-corrected chi connectivity index (χ1v) is 8.42. The first kappa shape index (κ1) is 18.0. The highest BCUT2D eigenvalue weighted by atomic mass is 16.5. The van der Waals surface area contributed by atoms with Crippen LogP contribution in [0.5, 0.6) is 5.75 Å². The van der Waals surface area contributed by atoms with E-state index in [2.05, 4.69) is 17.9 Å². The van der Waals surface area contributed by atoms with Crippen LogP contribution in [0.25, 0.3) is 17.2 Å². The molecule has 0 aliphatic carbocycles. The molecule has 0 saturated carbocycles. The Morgan fingerprint density at radius 1 is 1.00 bits per heavy atom. The van der Waals surface area contributed by atoms with Gasteiger partial charge in [-0.3, -0.25) is 0 Å². The molecule has 3 rings (SSSR count). The minimum atomic E-state index is -0.941. The smallest absolute Gasteiger partial charge is 0.335 e. The van der Waals surface area contributed by atoms with E-state index in [1.165, 1.54) is 0 Å². The number of aromatic carboxylic acids is 1. The van der Waals surface area contributed by atoms with E-state index in [1.807, 2.05) is 48.5 Å². The monoisotopic (exact) mass is 354 g/mol. The number of allylic oxidation sites excluding steroid dienone is 1. The fourth-order valence-corrected chi connectivity index (χ4v) is 2.65. The molecule has 0 fully saturated rings. The quantitative estimate of drug-likeness (QED) is 0.661. The zero-order valence-corrected chi connectivity index (χ0v) is 14.8. The molecular weight excluding hydrogens is 336 g/mol. The molecule has 0 spiro atoms. The highest BCUT2D eigenvalue weighted by Gasteiger charge is 2.03. The number of methoxy groups -OCH3 is 1. The Morgan fingerprint density at radius 3 is 2.52 bits per heavy atom. The topological polar surface area (TPSA) is 46.5 Å². The van der Waals surface area contributed by atoms with E-state index in [4.69, 9.17) is 9.84 Å². The van der Waals surface area contributed by atoms with Gasteiger partial charge in [-0.25, -0.2) is 4.79 Å². The average molecular weight is 354 g/mol. The number of ether oxygens (including phenoxy) is 1. The van der Waals surface area contributed by atoms with Gasteiger partial charge in [0.1, 0.15) is 5.75 Å². The van der Waals surface area contributed by atoms with Crippen molar-refractivity contribution in [2.24, 2.45) is 0 Å².